The molecular weight excluding hydrogens is 412 g/mol. The molecule has 0 bridgehead atoms. The van der Waals surface area contributed by atoms with Gasteiger partial charge in [-0.25, -0.2) is 8.42 Å². The molecule has 0 unspecified atom stereocenters. The number of nitrogens with one attached hydrogen (secondary N) is 1. The summed E-state index contributed by atoms with van der Waals surface area (Å²) in [5, 5.41) is 4.68. The first-order chi connectivity index (χ1) is 11.5. The number of rotatable bonds is 5. The fourth-order valence-corrected chi connectivity index (χ4v) is 5.56. The maximum Gasteiger partial charge on any atom is 0.262 e. The van der Waals surface area contributed by atoms with Crippen LogP contribution in [-0.2, 0) is 16.6 Å². The van der Waals surface area contributed by atoms with Gasteiger partial charge in [-0.3, -0.25) is 4.79 Å². The zero-order valence-corrected chi connectivity index (χ0v) is 16.1. The SMILES string of the molecule is O=C(NCc1ccc(S(=O)(=O)N2CCCC2)cc1)c1sccc1Br. The first-order valence-electron chi connectivity index (χ1n) is 7.59. The van der Waals surface area contributed by atoms with Gasteiger partial charge in [0.15, 0.2) is 0 Å². The Labute approximate surface area is 153 Å². The van der Waals surface area contributed by atoms with Gasteiger partial charge in [0.05, 0.1) is 4.90 Å². The third kappa shape index (κ3) is 3.72. The smallest absolute Gasteiger partial charge is 0.262 e. The minimum atomic E-state index is -3.39. The number of amides is 1. The zero-order valence-electron chi connectivity index (χ0n) is 12.9. The summed E-state index contributed by atoms with van der Waals surface area (Å²) < 4.78 is 27.2. The molecule has 0 saturated carbocycles. The third-order valence-electron chi connectivity index (χ3n) is 3.90. The number of thiophene rings is 1. The molecular formula is C16H17BrN2O3S2. The summed E-state index contributed by atoms with van der Waals surface area (Å²) in [5.41, 5.74) is 0.858. The van der Waals surface area contributed by atoms with E-state index in [0.29, 0.717) is 29.4 Å². The fourth-order valence-electron chi connectivity index (χ4n) is 2.58. The molecule has 0 radical (unpaired) electrons. The Morgan fingerprint density at radius 1 is 1.17 bits per heavy atom. The van der Waals surface area contributed by atoms with E-state index < -0.39 is 10.0 Å². The van der Waals surface area contributed by atoms with Crippen molar-refractivity contribution in [1.82, 2.24) is 9.62 Å². The standard InChI is InChI=1S/C16H17BrN2O3S2/c17-14-7-10-23-15(14)16(20)18-11-12-3-5-13(6-4-12)24(21,22)19-8-1-2-9-19/h3-7,10H,1-2,8-9,11H2,(H,18,20). The quantitative estimate of drug-likeness (QED) is 0.794. The van der Waals surface area contributed by atoms with Gasteiger partial charge in [0.25, 0.3) is 5.91 Å². The fraction of sp³-hybridized carbons (Fsp3) is 0.312. The summed E-state index contributed by atoms with van der Waals surface area (Å²) in [6, 6.07) is 8.53. The van der Waals surface area contributed by atoms with Crippen LogP contribution >= 0.6 is 27.3 Å². The number of hydrogen-bond acceptors (Lipinski definition) is 4. The first-order valence-corrected chi connectivity index (χ1v) is 10.7. The Bertz CT molecular complexity index is 825. The van der Waals surface area contributed by atoms with Crippen molar-refractivity contribution in [1.29, 1.82) is 0 Å². The molecule has 24 heavy (non-hydrogen) atoms. The topological polar surface area (TPSA) is 66.5 Å². The molecule has 1 N–H and O–H groups in total. The minimum absolute atomic E-state index is 0.148. The van der Waals surface area contributed by atoms with Crippen molar-refractivity contribution in [3.8, 4) is 0 Å². The Morgan fingerprint density at radius 3 is 2.42 bits per heavy atom. The molecule has 1 aromatic carbocycles. The summed E-state index contributed by atoms with van der Waals surface area (Å²) in [4.78, 5) is 13.0. The highest BCUT2D eigenvalue weighted by atomic mass is 79.9. The monoisotopic (exact) mass is 428 g/mol. The number of hydrogen-bond donors (Lipinski definition) is 1. The molecule has 8 heteroatoms. The lowest BCUT2D eigenvalue weighted by Crippen LogP contribution is -2.27. The summed E-state index contributed by atoms with van der Waals surface area (Å²) in [7, 11) is -3.39. The second-order valence-corrected chi connectivity index (χ2v) is 9.24. The second kappa shape index (κ2) is 7.35. The molecule has 1 fully saturated rings. The molecule has 2 heterocycles. The van der Waals surface area contributed by atoms with Gasteiger partial charge in [0.2, 0.25) is 10.0 Å². The highest BCUT2D eigenvalue weighted by Crippen LogP contribution is 2.23. The van der Waals surface area contributed by atoms with Crippen LogP contribution in [0.3, 0.4) is 0 Å². The molecule has 1 aliphatic rings. The van der Waals surface area contributed by atoms with Crippen LogP contribution in [0.4, 0.5) is 0 Å². The normalized spacial score (nSPS) is 15.5. The van der Waals surface area contributed by atoms with Gasteiger partial charge in [-0.1, -0.05) is 12.1 Å². The number of sulfonamides is 1. The van der Waals surface area contributed by atoms with E-state index in [4.69, 9.17) is 0 Å². The van der Waals surface area contributed by atoms with Crippen LogP contribution in [-0.4, -0.2) is 31.7 Å². The van der Waals surface area contributed by atoms with Crippen molar-refractivity contribution in [2.24, 2.45) is 0 Å². The average molecular weight is 429 g/mol. The van der Waals surface area contributed by atoms with E-state index in [1.807, 2.05) is 11.4 Å². The highest BCUT2D eigenvalue weighted by Gasteiger charge is 2.26. The molecule has 0 aliphatic carbocycles. The summed E-state index contributed by atoms with van der Waals surface area (Å²) >= 11 is 4.70. The summed E-state index contributed by atoms with van der Waals surface area (Å²) in [5.74, 6) is -0.148. The largest absolute Gasteiger partial charge is 0.347 e. The van der Waals surface area contributed by atoms with E-state index >= 15 is 0 Å². The summed E-state index contributed by atoms with van der Waals surface area (Å²) in [6.07, 6.45) is 1.84. The average Bonchev–Trinajstić information content (AvgIpc) is 3.24. The molecule has 1 aliphatic heterocycles. The van der Waals surface area contributed by atoms with Crippen LogP contribution in [0.5, 0.6) is 0 Å². The molecule has 3 rings (SSSR count). The lowest BCUT2D eigenvalue weighted by atomic mass is 10.2. The van der Waals surface area contributed by atoms with Gasteiger partial charge >= 0.3 is 0 Å². The molecule has 128 valence electrons. The molecule has 2 aromatic rings. The van der Waals surface area contributed by atoms with Gasteiger partial charge in [0, 0.05) is 24.1 Å². The molecule has 0 atom stereocenters. The summed E-state index contributed by atoms with van der Waals surface area (Å²) in [6.45, 7) is 1.54. The number of benzene rings is 1. The number of nitrogens with zero attached hydrogens (tertiary/aromatic N) is 1. The highest BCUT2D eigenvalue weighted by molar-refractivity contribution is 9.10. The maximum atomic E-state index is 12.5. The van der Waals surface area contributed by atoms with E-state index in [-0.39, 0.29) is 5.91 Å². The van der Waals surface area contributed by atoms with Crippen LogP contribution < -0.4 is 5.32 Å². The van der Waals surface area contributed by atoms with Crippen molar-refractivity contribution >= 4 is 43.2 Å². The van der Waals surface area contributed by atoms with Gasteiger partial charge in [-0.15, -0.1) is 11.3 Å². The van der Waals surface area contributed by atoms with Gasteiger partial charge in [0.1, 0.15) is 4.88 Å². The zero-order chi connectivity index (χ0) is 17.2. The van der Waals surface area contributed by atoms with E-state index in [1.54, 1.807) is 24.3 Å². The van der Waals surface area contributed by atoms with Gasteiger partial charge in [-0.05, 0) is 57.9 Å². The number of halogens is 1. The Hall–Kier alpha value is -1.22. The Kier molecular flexibility index (Phi) is 5.39. The van der Waals surface area contributed by atoms with Crippen LogP contribution in [0, 0.1) is 0 Å². The van der Waals surface area contributed by atoms with Crippen LogP contribution in [0.1, 0.15) is 28.1 Å². The van der Waals surface area contributed by atoms with Crippen LogP contribution in [0.15, 0.2) is 45.1 Å². The first kappa shape index (κ1) is 17.6. The Balaban J connectivity index is 1.64. The van der Waals surface area contributed by atoms with Crippen molar-refractivity contribution in [2.45, 2.75) is 24.3 Å². The lowest BCUT2D eigenvalue weighted by molar-refractivity contribution is 0.0954. The number of carbonyl (C=O) groups excluding carboxylic acids is 1. The van der Waals surface area contributed by atoms with E-state index in [1.165, 1.54) is 15.6 Å². The van der Waals surface area contributed by atoms with Crippen molar-refractivity contribution in [3.05, 3.63) is 50.6 Å². The predicted octanol–water partition coefficient (Wildman–Crippen LogP) is 3.23. The molecule has 1 amide bonds. The van der Waals surface area contributed by atoms with Crippen molar-refractivity contribution < 1.29 is 13.2 Å². The molecule has 1 aromatic heterocycles. The molecule has 1 saturated heterocycles. The van der Waals surface area contributed by atoms with Gasteiger partial charge in [-0.2, -0.15) is 4.31 Å². The Morgan fingerprint density at radius 2 is 1.83 bits per heavy atom. The predicted molar refractivity (Wildman–Crippen MR) is 97.6 cm³/mol. The lowest BCUT2D eigenvalue weighted by Gasteiger charge is -2.15. The van der Waals surface area contributed by atoms with E-state index in [2.05, 4.69) is 21.2 Å². The van der Waals surface area contributed by atoms with Crippen molar-refractivity contribution in [3.63, 3.8) is 0 Å². The second-order valence-electron chi connectivity index (χ2n) is 5.54. The number of carbonyl (C=O) groups is 1. The third-order valence-corrected chi connectivity index (χ3v) is 7.65. The van der Waals surface area contributed by atoms with Crippen LogP contribution in [0.2, 0.25) is 0 Å². The van der Waals surface area contributed by atoms with Gasteiger partial charge < -0.3 is 5.32 Å². The molecule has 0 spiro atoms. The van der Waals surface area contributed by atoms with E-state index in [9.17, 15) is 13.2 Å². The maximum absolute atomic E-state index is 12.5. The molecule has 5 nitrogen and oxygen atoms in total. The van der Waals surface area contributed by atoms with Crippen LogP contribution in [0.25, 0.3) is 0 Å². The van der Waals surface area contributed by atoms with Crippen molar-refractivity contribution in [2.75, 3.05) is 13.1 Å². The minimum Gasteiger partial charge on any atom is -0.347 e. The van der Waals surface area contributed by atoms with E-state index in [0.717, 1.165) is 22.9 Å².